The van der Waals surface area contributed by atoms with Crippen molar-refractivity contribution in [1.29, 1.82) is 0 Å². The Morgan fingerprint density at radius 1 is 1.33 bits per heavy atom. The van der Waals surface area contributed by atoms with Crippen LogP contribution >= 0.6 is 0 Å². The van der Waals surface area contributed by atoms with Gasteiger partial charge in [0.1, 0.15) is 0 Å². The summed E-state index contributed by atoms with van der Waals surface area (Å²) in [7, 11) is 0. The van der Waals surface area contributed by atoms with Crippen molar-refractivity contribution in [1.82, 2.24) is 10.2 Å². The molecule has 2 aliphatic heterocycles. The molecule has 0 aromatic carbocycles. The summed E-state index contributed by atoms with van der Waals surface area (Å²) in [5.74, 6) is 0.307. The topological polar surface area (TPSA) is 41.6 Å². The zero-order chi connectivity index (χ0) is 12.6. The molecule has 102 valence electrons. The molecule has 1 N–H and O–H groups in total. The highest BCUT2D eigenvalue weighted by molar-refractivity contribution is 5.83. The summed E-state index contributed by atoms with van der Waals surface area (Å²) in [4.78, 5) is 14.7. The molecule has 1 amide bonds. The summed E-state index contributed by atoms with van der Waals surface area (Å²) >= 11 is 0. The van der Waals surface area contributed by atoms with Gasteiger partial charge in [-0.2, -0.15) is 0 Å². The molecule has 18 heavy (non-hydrogen) atoms. The second kappa shape index (κ2) is 4.82. The van der Waals surface area contributed by atoms with Crippen molar-refractivity contribution in [2.45, 2.75) is 63.1 Å². The molecule has 3 rings (SSSR count). The minimum atomic E-state index is -0.0702. The van der Waals surface area contributed by atoms with Gasteiger partial charge >= 0.3 is 0 Å². The first-order chi connectivity index (χ1) is 8.69. The van der Waals surface area contributed by atoms with E-state index >= 15 is 0 Å². The smallest absolute Gasteiger partial charge is 0.240 e. The first-order valence-corrected chi connectivity index (χ1v) is 7.34. The molecule has 2 heterocycles. The molecule has 1 saturated carbocycles. The Morgan fingerprint density at radius 2 is 2.17 bits per heavy atom. The second-order valence-electron chi connectivity index (χ2n) is 6.28. The highest BCUT2D eigenvalue weighted by Crippen LogP contribution is 2.30. The van der Waals surface area contributed by atoms with E-state index in [2.05, 4.69) is 17.1 Å². The Labute approximate surface area is 109 Å². The molecule has 2 saturated heterocycles. The monoisotopic (exact) mass is 252 g/mol. The van der Waals surface area contributed by atoms with Gasteiger partial charge in [-0.05, 0) is 45.4 Å². The van der Waals surface area contributed by atoms with Gasteiger partial charge in [0, 0.05) is 19.2 Å². The Balaban J connectivity index is 1.68. The molecule has 2 atom stereocenters. The summed E-state index contributed by atoms with van der Waals surface area (Å²) in [6.07, 6.45) is 6.75. The van der Waals surface area contributed by atoms with E-state index in [9.17, 15) is 4.79 Å². The SMILES string of the molecule is CC1(N2CCCC(NC3CC3)C2=O)CCCOC1. The number of piperidine rings is 1. The van der Waals surface area contributed by atoms with Gasteiger partial charge in [0.05, 0.1) is 18.2 Å². The number of hydrogen-bond acceptors (Lipinski definition) is 3. The molecule has 0 aromatic heterocycles. The Hall–Kier alpha value is -0.610. The molecule has 3 aliphatic rings. The Bertz CT molecular complexity index is 322. The van der Waals surface area contributed by atoms with Crippen LogP contribution in [0.2, 0.25) is 0 Å². The largest absolute Gasteiger partial charge is 0.379 e. The maximum Gasteiger partial charge on any atom is 0.240 e. The molecule has 0 radical (unpaired) electrons. The van der Waals surface area contributed by atoms with Gasteiger partial charge < -0.3 is 15.0 Å². The van der Waals surface area contributed by atoms with Gasteiger partial charge in [0.2, 0.25) is 5.91 Å². The number of ether oxygens (including phenoxy) is 1. The van der Waals surface area contributed by atoms with Crippen LogP contribution in [0.5, 0.6) is 0 Å². The summed E-state index contributed by atoms with van der Waals surface area (Å²) in [5, 5.41) is 3.50. The van der Waals surface area contributed by atoms with Crippen LogP contribution < -0.4 is 5.32 Å². The van der Waals surface area contributed by atoms with Crippen LogP contribution in [0.3, 0.4) is 0 Å². The third-order valence-electron chi connectivity index (χ3n) is 4.52. The lowest BCUT2D eigenvalue weighted by molar-refractivity contribution is -0.148. The minimum Gasteiger partial charge on any atom is -0.379 e. The van der Waals surface area contributed by atoms with E-state index in [1.807, 2.05) is 0 Å². The normalized spacial score (nSPS) is 37.9. The Morgan fingerprint density at radius 3 is 2.83 bits per heavy atom. The minimum absolute atomic E-state index is 0.0602. The third kappa shape index (κ3) is 2.41. The molecule has 2 unspecified atom stereocenters. The zero-order valence-electron chi connectivity index (χ0n) is 11.3. The van der Waals surface area contributed by atoms with Crippen LogP contribution in [0, 0.1) is 0 Å². The van der Waals surface area contributed by atoms with Crippen LogP contribution in [0.25, 0.3) is 0 Å². The van der Waals surface area contributed by atoms with E-state index in [4.69, 9.17) is 4.74 Å². The molecule has 1 aliphatic carbocycles. The highest BCUT2D eigenvalue weighted by atomic mass is 16.5. The summed E-state index contributed by atoms with van der Waals surface area (Å²) in [5.41, 5.74) is -0.0702. The van der Waals surface area contributed by atoms with Crippen molar-refractivity contribution >= 4 is 5.91 Å². The van der Waals surface area contributed by atoms with Crippen LogP contribution in [0.4, 0.5) is 0 Å². The fourth-order valence-corrected chi connectivity index (χ4v) is 3.23. The van der Waals surface area contributed by atoms with E-state index in [0.29, 0.717) is 18.6 Å². The lowest BCUT2D eigenvalue weighted by Crippen LogP contribution is -2.61. The van der Waals surface area contributed by atoms with E-state index in [1.165, 1.54) is 12.8 Å². The number of carbonyl (C=O) groups excluding carboxylic acids is 1. The van der Waals surface area contributed by atoms with Gasteiger partial charge in [-0.1, -0.05) is 0 Å². The number of nitrogens with one attached hydrogen (secondary N) is 1. The van der Waals surface area contributed by atoms with Crippen molar-refractivity contribution in [2.24, 2.45) is 0 Å². The molecule has 3 fully saturated rings. The maximum absolute atomic E-state index is 12.6. The van der Waals surface area contributed by atoms with Crippen molar-refractivity contribution in [3.63, 3.8) is 0 Å². The molecule has 0 spiro atoms. The van der Waals surface area contributed by atoms with E-state index in [0.717, 1.165) is 38.8 Å². The number of amides is 1. The fraction of sp³-hybridized carbons (Fsp3) is 0.929. The molecule has 0 bridgehead atoms. The van der Waals surface area contributed by atoms with Crippen molar-refractivity contribution in [3.8, 4) is 0 Å². The van der Waals surface area contributed by atoms with E-state index < -0.39 is 0 Å². The molecular weight excluding hydrogens is 228 g/mol. The average Bonchev–Trinajstić information content (AvgIpc) is 3.16. The molecule has 0 aromatic rings. The van der Waals surface area contributed by atoms with Crippen molar-refractivity contribution in [3.05, 3.63) is 0 Å². The van der Waals surface area contributed by atoms with E-state index in [-0.39, 0.29) is 11.6 Å². The lowest BCUT2D eigenvalue weighted by Gasteiger charge is -2.47. The van der Waals surface area contributed by atoms with Crippen LogP contribution in [-0.2, 0) is 9.53 Å². The standard InChI is InChI=1S/C14H24N2O2/c1-14(7-3-9-18-10-14)16-8-2-4-12(13(16)17)15-11-5-6-11/h11-12,15H,2-10H2,1H3. The predicted octanol–water partition coefficient (Wildman–Crippen LogP) is 1.30. The number of carbonyl (C=O) groups is 1. The first kappa shape index (κ1) is 12.4. The van der Waals surface area contributed by atoms with Crippen molar-refractivity contribution < 1.29 is 9.53 Å². The lowest BCUT2D eigenvalue weighted by atomic mass is 9.89. The third-order valence-corrected chi connectivity index (χ3v) is 4.52. The van der Waals surface area contributed by atoms with Crippen LogP contribution in [0.15, 0.2) is 0 Å². The molecule has 4 nitrogen and oxygen atoms in total. The molecular formula is C14H24N2O2. The summed E-state index contributed by atoms with van der Waals surface area (Å²) in [6, 6.07) is 0.666. The van der Waals surface area contributed by atoms with E-state index in [1.54, 1.807) is 0 Å². The van der Waals surface area contributed by atoms with Gasteiger partial charge in [-0.3, -0.25) is 4.79 Å². The van der Waals surface area contributed by atoms with Gasteiger partial charge in [0.25, 0.3) is 0 Å². The summed E-state index contributed by atoms with van der Waals surface area (Å²) in [6.45, 7) is 4.64. The molecule has 4 heteroatoms. The van der Waals surface area contributed by atoms with Crippen LogP contribution in [-0.4, -0.2) is 48.2 Å². The van der Waals surface area contributed by atoms with Gasteiger partial charge in [0.15, 0.2) is 0 Å². The summed E-state index contributed by atoms with van der Waals surface area (Å²) < 4.78 is 5.60. The number of hydrogen-bond donors (Lipinski definition) is 1. The second-order valence-corrected chi connectivity index (χ2v) is 6.28. The highest BCUT2D eigenvalue weighted by Gasteiger charge is 2.42. The predicted molar refractivity (Wildman–Crippen MR) is 69.4 cm³/mol. The van der Waals surface area contributed by atoms with Crippen LogP contribution in [0.1, 0.15) is 45.4 Å². The average molecular weight is 252 g/mol. The number of likely N-dealkylation sites (tertiary alicyclic amines) is 1. The quantitative estimate of drug-likeness (QED) is 0.823. The zero-order valence-corrected chi connectivity index (χ0v) is 11.3. The maximum atomic E-state index is 12.6. The van der Waals surface area contributed by atoms with Gasteiger partial charge in [-0.25, -0.2) is 0 Å². The number of rotatable bonds is 3. The number of nitrogens with zero attached hydrogens (tertiary/aromatic N) is 1. The Kier molecular flexibility index (Phi) is 3.32. The van der Waals surface area contributed by atoms with Crippen molar-refractivity contribution in [2.75, 3.05) is 19.8 Å². The first-order valence-electron chi connectivity index (χ1n) is 7.34. The van der Waals surface area contributed by atoms with Gasteiger partial charge in [-0.15, -0.1) is 0 Å². The fourth-order valence-electron chi connectivity index (χ4n) is 3.23.